The van der Waals surface area contributed by atoms with E-state index in [4.69, 9.17) is 0 Å². The summed E-state index contributed by atoms with van der Waals surface area (Å²) in [6, 6.07) is 12.3. The highest BCUT2D eigenvalue weighted by atomic mass is 32.2. The molecule has 0 radical (unpaired) electrons. The van der Waals surface area contributed by atoms with Gasteiger partial charge in [-0.05, 0) is 54.2 Å². The van der Waals surface area contributed by atoms with Crippen molar-refractivity contribution in [3.63, 3.8) is 0 Å². The van der Waals surface area contributed by atoms with Gasteiger partial charge >= 0.3 is 0 Å². The molecular formula is C19H22N2O3S. The average Bonchev–Trinajstić information content (AvgIpc) is 2.60. The largest absolute Gasteiger partial charge is 0.326 e. The minimum atomic E-state index is -3.69. The van der Waals surface area contributed by atoms with Crippen LogP contribution in [0.15, 0.2) is 47.4 Å². The number of carbonyl (C=O) groups excluding carboxylic acids is 1. The molecule has 6 heteroatoms. The molecule has 0 bridgehead atoms. The van der Waals surface area contributed by atoms with Crippen LogP contribution in [0.4, 0.5) is 11.4 Å². The maximum atomic E-state index is 12.8. The van der Waals surface area contributed by atoms with Crippen LogP contribution < -0.4 is 10.0 Å². The molecule has 1 amide bonds. The number of hydrogen-bond acceptors (Lipinski definition) is 3. The summed E-state index contributed by atoms with van der Waals surface area (Å²) in [5.74, 6) is 0.223. The van der Waals surface area contributed by atoms with Crippen LogP contribution in [0.1, 0.15) is 43.7 Å². The van der Waals surface area contributed by atoms with Gasteiger partial charge < -0.3 is 5.32 Å². The average molecular weight is 358 g/mol. The van der Waals surface area contributed by atoms with E-state index in [1.54, 1.807) is 18.2 Å². The van der Waals surface area contributed by atoms with Gasteiger partial charge in [-0.25, -0.2) is 8.42 Å². The van der Waals surface area contributed by atoms with E-state index in [1.807, 2.05) is 18.2 Å². The third-order valence-electron chi connectivity index (χ3n) is 4.63. The topological polar surface area (TPSA) is 75.3 Å². The van der Waals surface area contributed by atoms with Crippen LogP contribution in [-0.2, 0) is 21.2 Å². The van der Waals surface area contributed by atoms with E-state index in [0.717, 1.165) is 17.5 Å². The first-order valence-electron chi connectivity index (χ1n) is 8.45. The van der Waals surface area contributed by atoms with Crippen LogP contribution in [0.25, 0.3) is 0 Å². The van der Waals surface area contributed by atoms with Gasteiger partial charge in [-0.1, -0.05) is 32.0 Å². The number of fused-ring (bicyclic) bond motifs is 1. The van der Waals surface area contributed by atoms with Crippen molar-refractivity contribution in [3.8, 4) is 0 Å². The zero-order valence-corrected chi connectivity index (χ0v) is 15.2. The summed E-state index contributed by atoms with van der Waals surface area (Å²) in [7, 11) is -3.69. The van der Waals surface area contributed by atoms with Crippen LogP contribution in [0.5, 0.6) is 0 Å². The zero-order chi connectivity index (χ0) is 18.0. The van der Waals surface area contributed by atoms with Gasteiger partial charge in [0.2, 0.25) is 5.91 Å². The van der Waals surface area contributed by atoms with Crippen LogP contribution >= 0.6 is 0 Å². The van der Waals surface area contributed by atoms with E-state index in [-0.39, 0.29) is 16.7 Å². The number of aryl methyl sites for hydroxylation is 1. The number of rotatable bonds is 5. The first kappa shape index (κ1) is 17.5. The maximum Gasteiger partial charge on any atom is 0.261 e. The Morgan fingerprint density at radius 1 is 1.16 bits per heavy atom. The van der Waals surface area contributed by atoms with Crippen molar-refractivity contribution in [3.05, 3.63) is 53.6 Å². The molecule has 132 valence electrons. The lowest BCUT2D eigenvalue weighted by Crippen LogP contribution is -2.20. The van der Waals surface area contributed by atoms with Gasteiger partial charge in [0.25, 0.3) is 10.0 Å². The third kappa shape index (κ3) is 3.69. The standard InChI is InChI=1S/C19H22N2O3S/c1-3-13(2)16-6-4-5-7-18(16)21-25(23,24)15-9-10-17-14(12-15)8-11-19(22)20-17/h4-7,9-10,12-13,21H,3,8,11H2,1-2H3,(H,20,22)/t13-/m0/s1. The molecule has 5 nitrogen and oxygen atoms in total. The Bertz CT molecular complexity index is 907. The van der Waals surface area contributed by atoms with E-state index in [9.17, 15) is 13.2 Å². The molecule has 1 aliphatic heterocycles. The lowest BCUT2D eigenvalue weighted by molar-refractivity contribution is -0.116. The van der Waals surface area contributed by atoms with Crippen molar-refractivity contribution >= 4 is 27.3 Å². The fourth-order valence-electron chi connectivity index (χ4n) is 2.97. The molecule has 0 aromatic heterocycles. The van der Waals surface area contributed by atoms with Gasteiger partial charge in [0.1, 0.15) is 0 Å². The molecule has 0 aliphatic carbocycles. The van der Waals surface area contributed by atoms with E-state index in [2.05, 4.69) is 23.9 Å². The highest BCUT2D eigenvalue weighted by Gasteiger charge is 2.21. The summed E-state index contributed by atoms with van der Waals surface area (Å²) in [5, 5.41) is 2.77. The second kappa shape index (κ2) is 6.88. The van der Waals surface area contributed by atoms with E-state index in [1.165, 1.54) is 6.07 Å². The number of hydrogen-bond donors (Lipinski definition) is 2. The molecule has 0 fully saturated rings. The number of sulfonamides is 1. The molecule has 1 heterocycles. The Morgan fingerprint density at radius 3 is 2.68 bits per heavy atom. The highest BCUT2D eigenvalue weighted by molar-refractivity contribution is 7.92. The molecule has 1 aliphatic rings. The molecule has 2 N–H and O–H groups in total. The number of benzene rings is 2. The predicted octanol–water partition coefficient (Wildman–Crippen LogP) is 3.89. The second-order valence-corrected chi connectivity index (χ2v) is 8.05. The molecule has 0 saturated heterocycles. The summed E-state index contributed by atoms with van der Waals surface area (Å²) >= 11 is 0. The lowest BCUT2D eigenvalue weighted by atomic mass is 9.97. The van der Waals surface area contributed by atoms with Gasteiger partial charge in [0.15, 0.2) is 0 Å². The number of carbonyl (C=O) groups is 1. The predicted molar refractivity (Wildman–Crippen MR) is 99.3 cm³/mol. The second-order valence-electron chi connectivity index (χ2n) is 6.37. The summed E-state index contributed by atoms with van der Waals surface area (Å²) < 4.78 is 28.4. The Hall–Kier alpha value is -2.34. The first-order valence-corrected chi connectivity index (χ1v) is 9.93. The quantitative estimate of drug-likeness (QED) is 0.851. The first-order chi connectivity index (χ1) is 11.9. The summed E-state index contributed by atoms with van der Waals surface area (Å²) in [6.07, 6.45) is 1.85. The minimum Gasteiger partial charge on any atom is -0.326 e. The molecule has 2 aromatic carbocycles. The number of para-hydroxylation sites is 1. The Kier molecular flexibility index (Phi) is 4.81. The molecule has 3 rings (SSSR count). The Morgan fingerprint density at radius 2 is 1.92 bits per heavy atom. The Balaban J connectivity index is 1.92. The van der Waals surface area contributed by atoms with E-state index in [0.29, 0.717) is 24.2 Å². The highest BCUT2D eigenvalue weighted by Crippen LogP contribution is 2.30. The fraction of sp³-hybridized carbons (Fsp3) is 0.316. The van der Waals surface area contributed by atoms with Crippen LogP contribution in [0, 0.1) is 0 Å². The van der Waals surface area contributed by atoms with Crippen LogP contribution in [0.2, 0.25) is 0 Å². The van der Waals surface area contributed by atoms with E-state index >= 15 is 0 Å². The van der Waals surface area contributed by atoms with Crippen LogP contribution in [-0.4, -0.2) is 14.3 Å². The van der Waals surface area contributed by atoms with Gasteiger partial charge in [-0.2, -0.15) is 0 Å². The molecule has 0 spiro atoms. The van der Waals surface area contributed by atoms with Gasteiger partial charge in [0, 0.05) is 12.1 Å². The summed E-state index contributed by atoms with van der Waals surface area (Å²) in [4.78, 5) is 11.6. The lowest BCUT2D eigenvalue weighted by Gasteiger charge is -2.19. The van der Waals surface area contributed by atoms with Crippen molar-refractivity contribution in [1.82, 2.24) is 0 Å². The third-order valence-corrected chi connectivity index (χ3v) is 5.99. The van der Waals surface area contributed by atoms with Crippen molar-refractivity contribution in [2.24, 2.45) is 0 Å². The maximum absolute atomic E-state index is 12.8. The van der Waals surface area contributed by atoms with E-state index < -0.39 is 10.0 Å². The molecule has 1 atom stereocenters. The molecule has 2 aromatic rings. The van der Waals surface area contributed by atoms with Gasteiger partial charge in [-0.3, -0.25) is 9.52 Å². The molecule has 0 unspecified atom stereocenters. The number of nitrogens with one attached hydrogen (secondary N) is 2. The monoisotopic (exact) mass is 358 g/mol. The van der Waals surface area contributed by atoms with Crippen molar-refractivity contribution < 1.29 is 13.2 Å². The van der Waals surface area contributed by atoms with Crippen LogP contribution in [0.3, 0.4) is 0 Å². The van der Waals surface area contributed by atoms with Gasteiger partial charge in [0.05, 0.1) is 10.6 Å². The van der Waals surface area contributed by atoms with Crippen molar-refractivity contribution in [2.45, 2.75) is 43.9 Å². The fourth-order valence-corrected chi connectivity index (χ4v) is 4.11. The van der Waals surface area contributed by atoms with Gasteiger partial charge in [-0.15, -0.1) is 0 Å². The Labute approximate surface area is 148 Å². The van der Waals surface area contributed by atoms with Crippen molar-refractivity contribution in [1.29, 1.82) is 0 Å². The smallest absolute Gasteiger partial charge is 0.261 e. The molecule has 0 saturated carbocycles. The minimum absolute atomic E-state index is 0.0382. The number of amides is 1. The molecular weight excluding hydrogens is 336 g/mol. The molecule has 25 heavy (non-hydrogen) atoms. The SMILES string of the molecule is CC[C@H](C)c1ccccc1NS(=O)(=O)c1ccc2c(c1)CCC(=O)N2. The summed E-state index contributed by atoms with van der Waals surface area (Å²) in [5.41, 5.74) is 3.13. The zero-order valence-electron chi connectivity index (χ0n) is 14.4. The summed E-state index contributed by atoms with van der Waals surface area (Å²) in [6.45, 7) is 4.16. The number of anilines is 2. The van der Waals surface area contributed by atoms with Crippen molar-refractivity contribution in [2.75, 3.05) is 10.0 Å². The normalized spacial score (nSPS) is 15.2.